The van der Waals surface area contributed by atoms with Crippen molar-refractivity contribution in [3.05, 3.63) is 64.5 Å². The van der Waals surface area contributed by atoms with E-state index in [4.69, 9.17) is 0 Å². The molecule has 1 aliphatic carbocycles. The van der Waals surface area contributed by atoms with Crippen LogP contribution in [0.2, 0.25) is 0 Å². The van der Waals surface area contributed by atoms with Crippen LogP contribution in [0.1, 0.15) is 52.5 Å². The van der Waals surface area contributed by atoms with Crippen LogP contribution in [0, 0.1) is 16.7 Å². The van der Waals surface area contributed by atoms with E-state index >= 15 is 0 Å². The summed E-state index contributed by atoms with van der Waals surface area (Å²) in [5.74, 6) is -0.136. The van der Waals surface area contributed by atoms with Crippen molar-refractivity contribution >= 4 is 23.6 Å². The lowest BCUT2D eigenvalue weighted by molar-refractivity contribution is -0.118. The van der Waals surface area contributed by atoms with Crippen molar-refractivity contribution in [3.8, 4) is 6.07 Å². The lowest BCUT2D eigenvalue weighted by Gasteiger charge is -2.06. The molecule has 1 saturated carbocycles. The fraction of sp³-hybridized carbons (Fsp3) is 0.360. The van der Waals surface area contributed by atoms with Gasteiger partial charge in [0.15, 0.2) is 0 Å². The Hall–Kier alpha value is -3.06. The van der Waals surface area contributed by atoms with Gasteiger partial charge in [0.1, 0.15) is 0 Å². The molecule has 0 radical (unpaired) electrons. The number of aromatic nitrogens is 1. The molecule has 29 heavy (non-hydrogen) atoms. The van der Waals surface area contributed by atoms with Crippen LogP contribution in [0.3, 0.4) is 0 Å². The monoisotopic (exact) mass is 389 g/mol. The summed E-state index contributed by atoms with van der Waals surface area (Å²) in [6.07, 6.45) is 17.2. The van der Waals surface area contributed by atoms with E-state index in [1.165, 1.54) is 6.92 Å². The van der Waals surface area contributed by atoms with E-state index < -0.39 is 0 Å². The van der Waals surface area contributed by atoms with Gasteiger partial charge in [-0.2, -0.15) is 5.26 Å². The number of rotatable bonds is 7. The van der Waals surface area contributed by atoms with Crippen LogP contribution < -0.4 is 15.9 Å². The number of nitrogens with zero attached hydrogens (tertiary/aromatic N) is 2. The standard InChI is InChI=1S/C25H31N3O/c1-7-10-21(25(17-26)13-14-25)12-9-11-18(3)23-16-28(6)24(8-2)22(23)15-19(4)27-20(5)29/h8-12,15-16H,4,7,13-14H2,1-3,5-6H3,(H,27,29)/b12-9-,18-11+,21-10-,22-15-,24-8+. The first-order chi connectivity index (χ1) is 13.8. The minimum atomic E-state index is -0.277. The van der Waals surface area contributed by atoms with Gasteiger partial charge in [0.25, 0.3) is 0 Å². The van der Waals surface area contributed by atoms with Crippen molar-refractivity contribution in [2.24, 2.45) is 12.5 Å². The first kappa shape index (κ1) is 22.2. The summed E-state index contributed by atoms with van der Waals surface area (Å²) in [6.45, 7) is 11.6. The second kappa shape index (κ2) is 9.43. The molecule has 152 valence electrons. The molecule has 1 aliphatic rings. The third-order valence-corrected chi connectivity index (χ3v) is 5.18. The van der Waals surface area contributed by atoms with Gasteiger partial charge in [0.2, 0.25) is 5.91 Å². The Labute approximate surface area is 173 Å². The van der Waals surface area contributed by atoms with Gasteiger partial charge in [0, 0.05) is 42.0 Å². The van der Waals surface area contributed by atoms with Crippen molar-refractivity contribution < 1.29 is 4.79 Å². The maximum atomic E-state index is 11.3. The molecule has 1 aromatic heterocycles. The summed E-state index contributed by atoms with van der Waals surface area (Å²) < 4.78 is 2.07. The molecule has 0 unspecified atom stereocenters. The molecule has 1 amide bonds. The topological polar surface area (TPSA) is 57.8 Å². The van der Waals surface area contributed by atoms with Crippen molar-refractivity contribution in [2.75, 3.05) is 0 Å². The molecule has 0 spiro atoms. The Bertz CT molecular complexity index is 1050. The molecule has 2 rings (SSSR count). The molecule has 0 atom stereocenters. The van der Waals surface area contributed by atoms with Crippen molar-refractivity contribution in [1.82, 2.24) is 9.88 Å². The molecule has 1 aromatic rings. The Kier molecular flexibility index (Phi) is 7.23. The summed E-state index contributed by atoms with van der Waals surface area (Å²) >= 11 is 0. The number of allylic oxidation sites excluding steroid dienone is 7. The zero-order chi connectivity index (χ0) is 21.6. The molecule has 0 aromatic carbocycles. The fourth-order valence-electron chi connectivity index (χ4n) is 3.54. The van der Waals surface area contributed by atoms with Gasteiger partial charge < -0.3 is 9.88 Å². The molecule has 0 aliphatic heterocycles. The van der Waals surface area contributed by atoms with Crippen LogP contribution in [-0.4, -0.2) is 10.5 Å². The Morgan fingerprint density at radius 3 is 2.62 bits per heavy atom. The quantitative estimate of drug-likeness (QED) is 0.720. The lowest BCUT2D eigenvalue weighted by Crippen LogP contribution is -2.30. The van der Waals surface area contributed by atoms with E-state index in [1.807, 2.05) is 32.2 Å². The summed E-state index contributed by atoms with van der Waals surface area (Å²) in [5.41, 5.74) is 3.59. The van der Waals surface area contributed by atoms with E-state index in [-0.39, 0.29) is 11.3 Å². The molecule has 4 heteroatoms. The fourth-order valence-corrected chi connectivity index (χ4v) is 3.54. The highest BCUT2D eigenvalue weighted by Crippen LogP contribution is 2.51. The Balaban J connectivity index is 2.43. The summed E-state index contributed by atoms with van der Waals surface area (Å²) in [4.78, 5) is 11.3. The smallest absolute Gasteiger partial charge is 0.221 e. The van der Waals surface area contributed by atoms with Crippen LogP contribution in [0.15, 0.2) is 48.4 Å². The maximum Gasteiger partial charge on any atom is 0.221 e. The zero-order valence-electron chi connectivity index (χ0n) is 18.2. The number of aryl methyl sites for hydroxylation is 1. The second-order valence-corrected chi connectivity index (χ2v) is 7.56. The van der Waals surface area contributed by atoms with E-state index in [9.17, 15) is 10.1 Å². The number of hydrogen-bond acceptors (Lipinski definition) is 2. The Morgan fingerprint density at radius 1 is 1.41 bits per heavy atom. The lowest BCUT2D eigenvalue weighted by atomic mass is 9.95. The molecule has 4 nitrogen and oxygen atoms in total. The number of amides is 1. The Morgan fingerprint density at radius 2 is 2.10 bits per heavy atom. The van der Waals surface area contributed by atoms with Gasteiger partial charge in [-0.3, -0.25) is 4.79 Å². The number of nitrogens with one attached hydrogen (secondary N) is 1. The third kappa shape index (κ3) is 5.26. The van der Waals surface area contributed by atoms with Crippen molar-refractivity contribution in [2.45, 2.75) is 47.0 Å². The van der Waals surface area contributed by atoms with Gasteiger partial charge in [-0.05, 0) is 50.3 Å². The minimum absolute atomic E-state index is 0.136. The van der Waals surface area contributed by atoms with Crippen molar-refractivity contribution in [1.29, 1.82) is 5.26 Å². The van der Waals surface area contributed by atoms with Gasteiger partial charge in [-0.1, -0.05) is 43.9 Å². The number of carbonyl (C=O) groups excluding carboxylic acids is 1. The predicted octanol–water partition coefficient (Wildman–Crippen LogP) is 3.86. The molecule has 0 bridgehead atoms. The minimum Gasteiger partial charge on any atom is -0.350 e. The average Bonchev–Trinajstić information content (AvgIpc) is 3.39. The molecular formula is C25H31N3O. The molecular weight excluding hydrogens is 358 g/mol. The maximum absolute atomic E-state index is 11.3. The van der Waals surface area contributed by atoms with Gasteiger partial charge >= 0.3 is 0 Å². The van der Waals surface area contributed by atoms with Crippen LogP contribution in [-0.2, 0) is 11.8 Å². The van der Waals surface area contributed by atoms with Crippen LogP contribution in [0.5, 0.6) is 0 Å². The predicted molar refractivity (Wildman–Crippen MR) is 121 cm³/mol. The second-order valence-electron chi connectivity index (χ2n) is 7.56. The molecule has 0 saturated heterocycles. The SMILES string of the molecule is C=C(/C=c1/c(/C(C)=C/C=C\C(=C\CC)C2(C#N)CC2)cn(C)/c1=C/C)NC(C)=O. The number of carbonyl (C=O) groups is 1. The first-order valence-corrected chi connectivity index (χ1v) is 10.0. The van der Waals surface area contributed by atoms with E-state index in [2.05, 4.69) is 60.8 Å². The van der Waals surface area contributed by atoms with Crippen LogP contribution in [0.25, 0.3) is 17.7 Å². The van der Waals surface area contributed by atoms with Gasteiger partial charge in [0.05, 0.1) is 11.5 Å². The summed E-state index contributed by atoms with van der Waals surface area (Å²) in [6, 6.07) is 2.47. The van der Waals surface area contributed by atoms with Gasteiger partial charge in [-0.15, -0.1) is 0 Å². The van der Waals surface area contributed by atoms with Gasteiger partial charge in [-0.25, -0.2) is 0 Å². The van der Waals surface area contributed by atoms with Crippen LogP contribution >= 0.6 is 0 Å². The largest absolute Gasteiger partial charge is 0.350 e. The van der Waals surface area contributed by atoms with E-state index in [0.717, 1.165) is 46.5 Å². The number of nitriles is 1. The normalized spacial score (nSPS) is 17.5. The first-order valence-electron chi connectivity index (χ1n) is 10.0. The molecule has 1 heterocycles. The zero-order valence-corrected chi connectivity index (χ0v) is 18.2. The molecule has 1 N–H and O–H groups in total. The van der Waals surface area contributed by atoms with E-state index in [0.29, 0.717) is 5.70 Å². The van der Waals surface area contributed by atoms with Crippen LogP contribution in [0.4, 0.5) is 0 Å². The highest BCUT2D eigenvalue weighted by molar-refractivity contribution is 5.77. The summed E-state index contributed by atoms with van der Waals surface area (Å²) in [5, 5.41) is 14.3. The summed E-state index contributed by atoms with van der Waals surface area (Å²) in [7, 11) is 2.01. The highest BCUT2D eigenvalue weighted by Gasteiger charge is 2.45. The molecule has 1 fully saturated rings. The third-order valence-electron chi connectivity index (χ3n) is 5.18. The van der Waals surface area contributed by atoms with Crippen molar-refractivity contribution in [3.63, 3.8) is 0 Å². The highest BCUT2D eigenvalue weighted by atomic mass is 16.1. The number of hydrogen-bond donors (Lipinski definition) is 1. The average molecular weight is 390 g/mol. The van der Waals surface area contributed by atoms with E-state index in [1.54, 1.807) is 0 Å².